The van der Waals surface area contributed by atoms with Gasteiger partial charge in [-0.05, 0) is 43.5 Å². The number of hydrogen-bond donors (Lipinski definition) is 2. The van der Waals surface area contributed by atoms with Crippen LogP contribution in [0.2, 0.25) is 0 Å². The van der Waals surface area contributed by atoms with E-state index in [-0.39, 0.29) is 23.9 Å². The summed E-state index contributed by atoms with van der Waals surface area (Å²) in [6.45, 7) is 5.78. The molecule has 0 aliphatic rings. The molecule has 2 aromatic carbocycles. The number of carbonyl (C=O) groups is 1. The van der Waals surface area contributed by atoms with Gasteiger partial charge in [-0.15, -0.1) is 0 Å². The highest BCUT2D eigenvalue weighted by atomic mass is 16.6. The fourth-order valence-corrected chi connectivity index (χ4v) is 2.43. The minimum Gasteiger partial charge on any atom is -0.490 e. The molecular weight excluding hydrogens is 322 g/mol. The highest BCUT2D eigenvalue weighted by molar-refractivity contribution is 5.95. The van der Waals surface area contributed by atoms with Crippen LogP contribution in [-0.2, 0) is 4.79 Å². The third-order valence-electron chi connectivity index (χ3n) is 4.04. The number of nitrogens with one attached hydrogen (secondary N) is 2. The molecule has 0 fully saturated rings. The monoisotopic (exact) mass is 343 g/mol. The highest BCUT2D eigenvalue weighted by Crippen LogP contribution is 2.32. The Morgan fingerprint density at radius 1 is 1.16 bits per heavy atom. The number of rotatable bonds is 6. The van der Waals surface area contributed by atoms with Gasteiger partial charge < -0.3 is 15.4 Å². The Morgan fingerprint density at radius 3 is 2.52 bits per heavy atom. The summed E-state index contributed by atoms with van der Waals surface area (Å²) in [7, 11) is 1.35. The van der Waals surface area contributed by atoms with Crippen molar-refractivity contribution in [2.75, 3.05) is 24.3 Å². The first-order valence-electron chi connectivity index (χ1n) is 7.76. The van der Waals surface area contributed by atoms with Gasteiger partial charge in [-0.1, -0.05) is 12.1 Å². The number of anilines is 2. The standard InChI is InChI=1S/C18H21N3O4/c1-11-6-5-7-14(13(11)3)19-10-18(22)20-15-9-17(25-4)16(21(23)24)8-12(15)2/h5-9,19H,10H2,1-4H3,(H,20,22). The van der Waals surface area contributed by atoms with Gasteiger partial charge in [0.25, 0.3) is 0 Å². The molecule has 0 unspecified atom stereocenters. The van der Waals surface area contributed by atoms with E-state index >= 15 is 0 Å². The molecule has 0 saturated heterocycles. The summed E-state index contributed by atoms with van der Waals surface area (Å²) in [6.07, 6.45) is 0. The van der Waals surface area contributed by atoms with Crippen molar-refractivity contribution in [3.05, 3.63) is 57.1 Å². The van der Waals surface area contributed by atoms with Gasteiger partial charge in [0.15, 0.2) is 5.75 Å². The van der Waals surface area contributed by atoms with Gasteiger partial charge in [-0.2, -0.15) is 0 Å². The summed E-state index contributed by atoms with van der Waals surface area (Å²) in [6, 6.07) is 8.69. The van der Waals surface area contributed by atoms with Crippen LogP contribution in [0.15, 0.2) is 30.3 Å². The number of methoxy groups -OCH3 is 1. The van der Waals surface area contributed by atoms with E-state index in [0.29, 0.717) is 11.3 Å². The minimum atomic E-state index is -0.514. The highest BCUT2D eigenvalue weighted by Gasteiger charge is 2.18. The van der Waals surface area contributed by atoms with Crippen molar-refractivity contribution >= 4 is 23.0 Å². The van der Waals surface area contributed by atoms with Crippen LogP contribution in [0.3, 0.4) is 0 Å². The normalized spacial score (nSPS) is 10.2. The first kappa shape index (κ1) is 18.3. The summed E-state index contributed by atoms with van der Waals surface area (Å²) < 4.78 is 5.03. The van der Waals surface area contributed by atoms with E-state index in [2.05, 4.69) is 10.6 Å². The van der Waals surface area contributed by atoms with E-state index in [9.17, 15) is 14.9 Å². The Kier molecular flexibility index (Phi) is 5.59. The molecule has 0 aliphatic heterocycles. The van der Waals surface area contributed by atoms with Crippen LogP contribution in [0, 0.1) is 30.9 Å². The number of amides is 1. The number of nitro benzene ring substituents is 1. The number of aryl methyl sites for hydroxylation is 2. The van der Waals surface area contributed by atoms with Crippen molar-refractivity contribution < 1.29 is 14.5 Å². The maximum Gasteiger partial charge on any atom is 0.311 e. The number of nitrogens with zero attached hydrogens (tertiary/aromatic N) is 1. The van der Waals surface area contributed by atoms with E-state index < -0.39 is 4.92 Å². The maximum absolute atomic E-state index is 12.2. The van der Waals surface area contributed by atoms with Gasteiger partial charge in [-0.25, -0.2) is 0 Å². The first-order valence-corrected chi connectivity index (χ1v) is 7.76. The van der Waals surface area contributed by atoms with Crippen molar-refractivity contribution in [3.8, 4) is 5.75 Å². The molecule has 0 saturated carbocycles. The molecule has 0 heterocycles. The molecule has 7 nitrogen and oxygen atoms in total. The van der Waals surface area contributed by atoms with Crippen LogP contribution in [-0.4, -0.2) is 24.5 Å². The summed E-state index contributed by atoms with van der Waals surface area (Å²) in [5, 5.41) is 16.9. The third kappa shape index (κ3) is 4.26. The Hall–Kier alpha value is -3.09. The molecule has 2 aromatic rings. The van der Waals surface area contributed by atoms with Gasteiger partial charge in [0, 0.05) is 23.5 Å². The zero-order chi connectivity index (χ0) is 18.6. The number of ether oxygens (including phenoxy) is 1. The SMILES string of the molecule is COc1cc(NC(=O)CNc2cccc(C)c2C)c(C)cc1[N+](=O)[O-]. The van der Waals surface area contributed by atoms with Gasteiger partial charge in [0.05, 0.1) is 18.6 Å². The second-order valence-electron chi connectivity index (χ2n) is 5.75. The Balaban J connectivity index is 2.10. The predicted molar refractivity (Wildman–Crippen MR) is 97.4 cm³/mol. The number of carbonyl (C=O) groups excluding carboxylic acids is 1. The van der Waals surface area contributed by atoms with Crippen LogP contribution >= 0.6 is 0 Å². The van der Waals surface area contributed by atoms with Gasteiger partial charge in [0.1, 0.15) is 0 Å². The molecule has 2 N–H and O–H groups in total. The maximum atomic E-state index is 12.2. The molecule has 132 valence electrons. The number of nitro groups is 1. The molecule has 0 aliphatic carbocycles. The van der Waals surface area contributed by atoms with Crippen LogP contribution in [0.4, 0.5) is 17.1 Å². The average Bonchev–Trinajstić information content (AvgIpc) is 2.57. The van der Waals surface area contributed by atoms with Crippen LogP contribution < -0.4 is 15.4 Å². The molecule has 2 rings (SSSR count). The lowest BCUT2D eigenvalue weighted by molar-refractivity contribution is -0.385. The van der Waals surface area contributed by atoms with Gasteiger partial charge in [-0.3, -0.25) is 14.9 Å². The molecule has 0 atom stereocenters. The fraction of sp³-hybridized carbons (Fsp3) is 0.278. The second-order valence-corrected chi connectivity index (χ2v) is 5.75. The number of benzene rings is 2. The molecule has 1 amide bonds. The summed E-state index contributed by atoms with van der Waals surface area (Å²) in [5.74, 6) is -0.145. The van der Waals surface area contributed by atoms with E-state index in [1.807, 2.05) is 32.0 Å². The molecular formula is C18H21N3O4. The molecule has 0 radical (unpaired) electrons. The van der Waals surface area contributed by atoms with Gasteiger partial charge in [0.2, 0.25) is 5.91 Å². The lowest BCUT2D eigenvalue weighted by atomic mass is 10.1. The van der Waals surface area contributed by atoms with Crippen molar-refractivity contribution in [2.24, 2.45) is 0 Å². The largest absolute Gasteiger partial charge is 0.490 e. The molecule has 7 heteroatoms. The molecule has 0 aromatic heterocycles. The van der Waals surface area contributed by atoms with Gasteiger partial charge >= 0.3 is 5.69 Å². The smallest absolute Gasteiger partial charge is 0.311 e. The Labute approximate surface area is 146 Å². The van der Waals surface area contributed by atoms with Crippen molar-refractivity contribution in [2.45, 2.75) is 20.8 Å². The van der Waals surface area contributed by atoms with Crippen molar-refractivity contribution in [3.63, 3.8) is 0 Å². The first-order chi connectivity index (χ1) is 11.8. The zero-order valence-corrected chi connectivity index (χ0v) is 14.7. The van der Waals surface area contributed by atoms with Crippen molar-refractivity contribution in [1.29, 1.82) is 0 Å². The van der Waals surface area contributed by atoms with E-state index in [4.69, 9.17) is 4.74 Å². The van der Waals surface area contributed by atoms with E-state index in [1.165, 1.54) is 19.2 Å². The number of hydrogen-bond acceptors (Lipinski definition) is 5. The molecule has 0 bridgehead atoms. The quantitative estimate of drug-likeness (QED) is 0.618. The van der Waals surface area contributed by atoms with Crippen LogP contribution in [0.1, 0.15) is 16.7 Å². The summed E-state index contributed by atoms with van der Waals surface area (Å²) in [4.78, 5) is 22.7. The fourth-order valence-electron chi connectivity index (χ4n) is 2.43. The minimum absolute atomic E-state index is 0.0863. The third-order valence-corrected chi connectivity index (χ3v) is 4.04. The molecule has 25 heavy (non-hydrogen) atoms. The van der Waals surface area contributed by atoms with E-state index in [0.717, 1.165) is 16.8 Å². The lowest BCUT2D eigenvalue weighted by Gasteiger charge is -2.13. The predicted octanol–water partition coefficient (Wildman–Crippen LogP) is 3.58. The summed E-state index contributed by atoms with van der Waals surface area (Å²) >= 11 is 0. The van der Waals surface area contributed by atoms with Crippen LogP contribution in [0.5, 0.6) is 5.75 Å². The average molecular weight is 343 g/mol. The zero-order valence-electron chi connectivity index (χ0n) is 14.7. The van der Waals surface area contributed by atoms with Crippen LogP contribution in [0.25, 0.3) is 0 Å². The Morgan fingerprint density at radius 2 is 1.88 bits per heavy atom. The molecule has 0 spiro atoms. The van der Waals surface area contributed by atoms with Crippen molar-refractivity contribution in [1.82, 2.24) is 0 Å². The lowest BCUT2D eigenvalue weighted by Crippen LogP contribution is -2.22. The second kappa shape index (κ2) is 7.65. The van der Waals surface area contributed by atoms with E-state index in [1.54, 1.807) is 6.92 Å². The summed E-state index contributed by atoms with van der Waals surface area (Å²) in [5.41, 5.74) is 4.06. The Bertz CT molecular complexity index is 818. The topological polar surface area (TPSA) is 93.5 Å².